The van der Waals surface area contributed by atoms with Gasteiger partial charge in [-0.2, -0.15) is 0 Å². The molecule has 0 saturated carbocycles. The lowest BCUT2D eigenvalue weighted by Crippen LogP contribution is -2.39. The molecule has 0 aromatic heterocycles. The van der Waals surface area contributed by atoms with E-state index in [0.29, 0.717) is 6.61 Å². The Morgan fingerprint density at radius 2 is 2.18 bits per heavy atom. The maximum Gasteiger partial charge on any atom is 0.190 e. The van der Waals surface area contributed by atoms with Crippen LogP contribution in [-0.4, -0.2) is 18.3 Å². The van der Waals surface area contributed by atoms with Gasteiger partial charge in [0, 0.05) is 5.57 Å². The highest BCUT2D eigenvalue weighted by molar-refractivity contribution is 5.56. The van der Waals surface area contributed by atoms with E-state index in [1.54, 1.807) is 6.26 Å². The SMILES string of the molecule is CC1=C(C)C(C)OOC23COC=C2C=CC=C13. The quantitative estimate of drug-likeness (QED) is 0.601. The van der Waals surface area contributed by atoms with Gasteiger partial charge in [0.1, 0.15) is 12.7 Å². The summed E-state index contributed by atoms with van der Waals surface area (Å²) >= 11 is 0. The van der Waals surface area contributed by atoms with Gasteiger partial charge in [-0.05, 0) is 37.5 Å². The van der Waals surface area contributed by atoms with Crippen LogP contribution in [0, 0.1) is 0 Å². The van der Waals surface area contributed by atoms with E-state index >= 15 is 0 Å². The van der Waals surface area contributed by atoms with Crippen molar-refractivity contribution in [3.05, 3.63) is 46.8 Å². The molecule has 0 saturated heterocycles. The predicted molar refractivity (Wildman–Crippen MR) is 64.0 cm³/mol. The molecule has 90 valence electrons. The molecule has 17 heavy (non-hydrogen) atoms. The molecule has 3 aliphatic rings. The molecular formula is C14H16O3. The third-order valence-electron chi connectivity index (χ3n) is 3.88. The number of rotatable bonds is 0. The van der Waals surface area contributed by atoms with Crippen LogP contribution in [0.5, 0.6) is 0 Å². The first-order valence-electron chi connectivity index (χ1n) is 5.88. The summed E-state index contributed by atoms with van der Waals surface area (Å²) in [5, 5.41) is 0. The Hall–Kier alpha value is -1.32. The van der Waals surface area contributed by atoms with Gasteiger partial charge < -0.3 is 4.74 Å². The summed E-state index contributed by atoms with van der Waals surface area (Å²) in [6.07, 6.45) is 7.86. The highest BCUT2D eigenvalue weighted by atomic mass is 17.2. The van der Waals surface area contributed by atoms with Gasteiger partial charge in [-0.3, -0.25) is 0 Å². The molecule has 3 heteroatoms. The first-order valence-corrected chi connectivity index (χ1v) is 5.88. The van der Waals surface area contributed by atoms with Crippen LogP contribution in [0.4, 0.5) is 0 Å². The zero-order valence-electron chi connectivity index (χ0n) is 10.3. The number of hydrogen-bond donors (Lipinski definition) is 0. The van der Waals surface area contributed by atoms with Crippen molar-refractivity contribution in [3.63, 3.8) is 0 Å². The first kappa shape index (κ1) is 10.8. The lowest BCUT2D eigenvalue weighted by molar-refractivity contribution is -0.355. The highest BCUT2D eigenvalue weighted by Gasteiger charge is 2.48. The average molecular weight is 232 g/mol. The fourth-order valence-electron chi connectivity index (χ4n) is 2.51. The van der Waals surface area contributed by atoms with Crippen molar-refractivity contribution in [1.29, 1.82) is 0 Å². The van der Waals surface area contributed by atoms with Gasteiger partial charge in [-0.15, -0.1) is 0 Å². The molecule has 1 spiro atoms. The summed E-state index contributed by atoms with van der Waals surface area (Å²) in [6, 6.07) is 0. The molecule has 0 aromatic rings. The molecule has 0 amide bonds. The smallest absolute Gasteiger partial charge is 0.190 e. The summed E-state index contributed by atoms with van der Waals surface area (Å²) in [7, 11) is 0. The first-order chi connectivity index (χ1) is 8.15. The summed E-state index contributed by atoms with van der Waals surface area (Å²) < 4.78 is 5.44. The van der Waals surface area contributed by atoms with Crippen LogP contribution in [0.1, 0.15) is 20.8 Å². The van der Waals surface area contributed by atoms with Crippen LogP contribution in [0.2, 0.25) is 0 Å². The topological polar surface area (TPSA) is 27.7 Å². The Bertz CT molecular complexity index is 482. The molecule has 0 N–H and O–H groups in total. The summed E-state index contributed by atoms with van der Waals surface area (Å²) in [5.74, 6) is 0. The number of hydrogen-bond acceptors (Lipinski definition) is 3. The highest BCUT2D eigenvalue weighted by Crippen LogP contribution is 2.44. The standard InChI is InChI=1S/C14H16O3/c1-9-10(2)13-6-4-5-12-7-15-8-14(12,13)17-16-11(9)3/h4-7,11H,8H2,1-3H3. The van der Waals surface area contributed by atoms with E-state index < -0.39 is 5.60 Å². The van der Waals surface area contributed by atoms with Gasteiger partial charge in [0.05, 0.1) is 6.26 Å². The average Bonchev–Trinajstić information content (AvgIpc) is 2.74. The van der Waals surface area contributed by atoms with Gasteiger partial charge in [0.2, 0.25) is 0 Å². The van der Waals surface area contributed by atoms with E-state index in [4.69, 9.17) is 14.5 Å². The van der Waals surface area contributed by atoms with E-state index in [0.717, 1.165) is 11.1 Å². The fraction of sp³-hybridized carbons (Fsp3) is 0.429. The third kappa shape index (κ3) is 1.36. The van der Waals surface area contributed by atoms with E-state index in [1.165, 1.54) is 11.1 Å². The maximum absolute atomic E-state index is 5.72. The molecule has 3 nitrogen and oxygen atoms in total. The normalized spacial score (nSPS) is 35.6. The predicted octanol–water partition coefficient (Wildman–Crippen LogP) is 2.82. The molecule has 3 rings (SSSR count). The van der Waals surface area contributed by atoms with Crippen molar-refractivity contribution in [2.45, 2.75) is 32.5 Å². The minimum Gasteiger partial charge on any atom is -0.497 e. The van der Waals surface area contributed by atoms with Crippen molar-refractivity contribution >= 4 is 0 Å². The fourth-order valence-corrected chi connectivity index (χ4v) is 2.51. The van der Waals surface area contributed by atoms with Crippen LogP contribution in [0.15, 0.2) is 46.8 Å². The number of ether oxygens (including phenoxy) is 1. The Balaban J connectivity index is 2.18. The molecule has 1 aliphatic carbocycles. The molecule has 0 radical (unpaired) electrons. The zero-order valence-corrected chi connectivity index (χ0v) is 10.3. The Morgan fingerprint density at radius 3 is 3.00 bits per heavy atom. The molecule has 2 aliphatic heterocycles. The summed E-state index contributed by atoms with van der Waals surface area (Å²) in [6.45, 7) is 6.68. The summed E-state index contributed by atoms with van der Waals surface area (Å²) in [5.41, 5.74) is 4.04. The van der Waals surface area contributed by atoms with E-state index in [9.17, 15) is 0 Å². The van der Waals surface area contributed by atoms with Crippen LogP contribution in [0.25, 0.3) is 0 Å². The molecule has 0 fully saturated rings. The third-order valence-corrected chi connectivity index (χ3v) is 3.88. The monoisotopic (exact) mass is 232 g/mol. The molecule has 2 unspecified atom stereocenters. The van der Waals surface area contributed by atoms with Gasteiger partial charge >= 0.3 is 0 Å². The second kappa shape index (κ2) is 3.59. The Labute approximate surface area is 101 Å². The molecule has 2 heterocycles. The number of allylic oxidation sites excluding steroid dienone is 2. The van der Waals surface area contributed by atoms with Crippen molar-refractivity contribution in [1.82, 2.24) is 0 Å². The molecule has 0 aromatic carbocycles. The van der Waals surface area contributed by atoms with E-state index in [-0.39, 0.29) is 6.10 Å². The van der Waals surface area contributed by atoms with Gasteiger partial charge in [-0.1, -0.05) is 18.2 Å². The van der Waals surface area contributed by atoms with Gasteiger partial charge in [-0.25, -0.2) is 9.78 Å². The minimum absolute atomic E-state index is 0.0299. The van der Waals surface area contributed by atoms with Crippen molar-refractivity contribution in [3.8, 4) is 0 Å². The van der Waals surface area contributed by atoms with Gasteiger partial charge in [0.25, 0.3) is 0 Å². The lowest BCUT2D eigenvalue weighted by atomic mass is 9.79. The maximum atomic E-state index is 5.72. The Kier molecular flexibility index (Phi) is 2.28. The summed E-state index contributed by atoms with van der Waals surface area (Å²) in [4.78, 5) is 11.2. The van der Waals surface area contributed by atoms with Crippen LogP contribution < -0.4 is 0 Å². The second-order valence-corrected chi connectivity index (χ2v) is 4.78. The van der Waals surface area contributed by atoms with Crippen molar-refractivity contribution < 1.29 is 14.5 Å². The molecular weight excluding hydrogens is 216 g/mol. The second-order valence-electron chi connectivity index (χ2n) is 4.78. The lowest BCUT2D eigenvalue weighted by Gasteiger charge is -2.31. The Morgan fingerprint density at radius 1 is 1.35 bits per heavy atom. The minimum atomic E-state index is -0.565. The van der Waals surface area contributed by atoms with Crippen LogP contribution in [0.3, 0.4) is 0 Å². The zero-order chi connectivity index (χ0) is 12.0. The van der Waals surface area contributed by atoms with Crippen LogP contribution in [-0.2, 0) is 14.5 Å². The van der Waals surface area contributed by atoms with E-state index in [1.807, 2.05) is 19.1 Å². The van der Waals surface area contributed by atoms with Crippen molar-refractivity contribution in [2.24, 2.45) is 0 Å². The van der Waals surface area contributed by atoms with Crippen LogP contribution >= 0.6 is 0 Å². The van der Waals surface area contributed by atoms with E-state index in [2.05, 4.69) is 19.9 Å². The molecule has 0 bridgehead atoms. The van der Waals surface area contributed by atoms with Crippen molar-refractivity contribution in [2.75, 3.05) is 6.61 Å². The largest absolute Gasteiger partial charge is 0.497 e. The van der Waals surface area contributed by atoms with Gasteiger partial charge in [0.15, 0.2) is 5.60 Å². The molecule has 2 atom stereocenters.